The second kappa shape index (κ2) is 10.3. The van der Waals surface area contributed by atoms with Crippen LogP contribution in [0.4, 0.5) is 0 Å². The molecule has 0 aliphatic heterocycles. The van der Waals surface area contributed by atoms with Gasteiger partial charge in [0.1, 0.15) is 24.8 Å². The Balaban J connectivity index is 0.000000289. The van der Waals surface area contributed by atoms with Gasteiger partial charge in [0.2, 0.25) is 12.7 Å². The molecule has 2 heterocycles. The highest BCUT2D eigenvalue weighted by atomic mass is 32.2. The van der Waals surface area contributed by atoms with Crippen molar-refractivity contribution in [3.8, 4) is 0 Å². The van der Waals surface area contributed by atoms with Crippen LogP contribution >= 0.6 is 0 Å². The van der Waals surface area contributed by atoms with E-state index in [1.807, 2.05) is 35.6 Å². The van der Waals surface area contributed by atoms with Crippen LogP contribution in [-0.2, 0) is 38.5 Å². The largest absolute Gasteiger partial charge is 0.784 e. The molecule has 0 bridgehead atoms. The molecular weight excluding hydrogens is 280 g/mol. The summed E-state index contributed by atoms with van der Waals surface area (Å²) in [7, 11) is 4.04. The Morgan fingerprint density at radius 2 is 1.25 bits per heavy atom. The Morgan fingerprint density at radius 3 is 1.35 bits per heavy atom. The van der Waals surface area contributed by atoms with Crippen LogP contribution in [0.2, 0.25) is 0 Å². The van der Waals surface area contributed by atoms with Gasteiger partial charge in [0, 0.05) is 0 Å². The van der Waals surface area contributed by atoms with Crippen molar-refractivity contribution >= 4 is 11.4 Å². The molecule has 2 rings (SSSR count). The molecule has 0 aromatic carbocycles. The summed E-state index contributed by atoms with van der Waals surface area (Å²) in [6.07, 6.45) is 12.3. The van der Waals surface area contributed by atoms with E-state index in [2.05, 4.69) is 48.0 Å². The number of imidazole rings is 2. The molecule has 114 valence electrons. The van der Waals surface area contributed by atoms with Crippen molar-refractivity contribution in [1.29, 1.82) is 0 Å². The van der Waals surface area contributed by atoms with Crippen molar-refractivity contribution < 1.29 is 22.4 Å². The fourth-order valence-electron chi connectivity index (χ4n) is 1.38. The molecule has 7 nitrogen and oxygen atoms in total. The van der Waals surface area contributed by atoms with E-state index in [1.54, 1.807) is 0 Å². The zero-order valence-corrected chi connectivity index (χ0v) is 13.1. The third-order valence-corrected chi connectivity index (χ3v) is 2.38. The third kappa shape index (κ3) is 9.42. The Bertz CT molecular complexity index is 466. The van der Waals surface area contributed by atoms with E-state index in [9.17, 15) is 0 Å². The van der Waals surface area contributed by atoms with Gasteiger partial charge in [0.15, 0.2) is 0 Å². The van der Waals surface area contributed by atoms with Crippen molar-refractivity contribution in [2.24, 2.45) is 14.1 Å². The third-order valence-electron chi connectivity index (χ3n) is 2.38. The van der Waals surface area contributed by atoms with Gasteiger partial charge < -0.3 is 9.11 Å². The van der Waals surface area contributed by atoms with E-state index >= 15 is 0 Å². The molecule has 0 N–H and O–H groups in total. The quantitative estimate of drug-likeness (QED) is 0.562. The van der Waals surface area contributed by atoms with Crippen LogP contribution in [0.3, 0.4) is 0 Å². The molecule has 0 saturated heterocycles. The van der Waals surface area contributed by atoms with Gasteiger partial charge in [-0.15, -0.1) is 11.4 Å². The zero-order chi connectivity index (χ0) is 15.5. The number of nitrogens with zero attached hydrogens (tertiary/aromatic N) is 4. The lowest BCUT2D eigenvalue weighted by molar-refractivity contribution is -0.671. The second-order valence-corrected chi connectivity index (χ2v) is 4.43. The summed E-state index contributed by atoms with van der Waals surface area (Å²) >= 11 is -3.11. The molecule has 0 spiro atoms. The SMILES string of the molecule is CCn1cc[n+](C)c1.CCn1cc[n+](C)c1.O=S([O-])[O-]. The van der Waals surface area contributed by atoms with Gasteiger partial charge >= 0.3 is 0 Å². The number of hydrogen-bond acceptors (Lipinski definition) is 3. The van der Waals surface area contributed by atoms with Gasteiger partial charge in [-0.05, 0) is 13.8 Å². The summed E-state index contributed by atoms with van der Waals surface area (Å²) in [6.45, 7) is 6.36. The number of aryl methyl sites for hydroxylation is 4. The molecule has 0 aliphatic carbocycles. The first-order valence-corrected chi connectivity index (χ1v) is 7.17. The van der Waals surface area contributed by atoms with Crippen LogP contribution in [-0.4, -0.2) is 22.4 Å². The van der Waals surface area contributed by atoms with E-state index in [4.69, 9.17) is 13.3 Å². The maximum atomic E-state index is 8.44. The minimum absolute atomic E-state index is 1.06. The topological polar surface area (TPSA) is 80.8 Å². The van der Waals surface area contributed by atoms with Crippen LogP contribution in [0, 0.1) is 0 Å². The summed E-state index contributed by atoms with van der Waals surface area (Å²) in [4.78, 5) is 0. The molecule has 0 unspecified atom stereocenters. The van der Waals surface area contributed by atoms with E-state index < -0.39 is 11.4 Å². The van der Waals surface area contributed by atoms with Crippen LogP contribution in [0.15, 0.2) is 37.4 Å². The predicted octanol–water partition coefficient (Wildman–Crippen LogP) is -0.339. The standard InChI is InChI=1S/2C6H11N2.H2O3S/c2*1-3-8-5-4-7(2)6-8;1-4(2)3/h2*4-6H,3H2,1-2H3;(H2,1,2,3)/q2*+1;/p-2. The highest BCUT2D eigenvalue weighted by molar-refractivity contribution is 7.72. The molecule has 0 saturated carbocycles. The summed E-state index contributed by atoms with van der Waals surface area (Å²) in [5.74, 6) is 0. The highest BCUT2D eigenvalue weighted by Crippen LogP contribution is 1.79. The van der Waals surface area contributed by atoms with E-state index in [-0.39, 0.29) is 0 Å². The zero-order valence-electron chi connectivity index (χ0n) is 12.3. The summed E-state index contributed by atoms with van der Waals surface area (Å²) < 4.78 is 33.6. The van der Waals surface area contributed by atoms with Crippen LogP contribution in [0.5, 0.6) is 0 Å². The Kier molecular flexibility index (Phi) is 9.52. The average molecular weight is 302 g/mol. The second-order valence-electron chi connectivity index (χ2n) is 4.02. The van der Waals surface area contributed by atoms with Gasteiger partial charge in [0.25, 0.3) is 0 Å². The summed E-state index contributed by atoms with van der Waals surface area (Å²) in [5, 5.41) is 0. The predicted molar refractivity (Wildman–Crippen MR) is 72.3 cm³/mol. The Hall–Kier alpha value is -1.51. The average Bonchev–Trinajstić information content (AvgIpc) is 2.97. The minimum atomic E-state index is -3.11. The monoisotopic (exact) mass is 302 g/mol. The lowest BCUT2D eigenvalue weighted by Gasteiger charge is -2.03. The summed E-state index contributed by atoms with van der Waals surface area (Å²) in [6, 6.07) is 0. The molecule has 0 atom stereocenters. The number of rotatable bonds is 2. The van der Waals surface area contributed by atoms with E-state index in [1.165, 1.54) is 0 Å². The molecule has 0 aliphatic rings. The van der Waals surface area contributed by atoms with Crippen molar-refractivity contribution in [3.63, 3.8) is 0 Å². The van der Waals surface area contributed by atoms with E-state index in [0.717, 1.165) is 13.1 Å². The van der Waals surface area contributed by atoms with Crippen molar-refractivity contribution in [2.75, 3.05) is 0 Å². The fraction of sp³-hybridized carbons (Fsp3) is 0.500. The molecule has 2 aromatic heterocycles. The molecule has 2 aromatic rings. The first-order valence-electron chi connectivity index (χ1n) is 6.17. The van der Waals surface area contributed by atoms with E-state index in [0.29, 0.717) is 0 Å². The summed E-state index contributed by atoms with van der Waals surface area (Å²) in [5.41, 5.74) is 0. The van der Waals surface area contributed by atoms with Crippen molar-refractivity contribution in [3.05, 3.63) is 37.4 Å². The van der Waals surface area contributed by atoms with Crippen LogP contribution in [0.1, 0.15) is 13.8 Å². The van der Waals surface area contributed by atoms with Crippen LogP contribution < -0.4 is 9.13 Å². The smallest absolute Gasteiger partial charge is 0.243 e. The van der Waals surface area contributed by atoms with Crippen molar-refractivity contribution in [2.45, 2.75) is 26.9 Å². The molecule has 8 heteroatoms. The Labute approximate surface area is 122 Å². The van der Waals surface area contributed by atoms with Gasteiger partial charge in [-0.2, -0.15) is 0 Å². The first kappa shape index (κ1) is 18.5. The van der Waals surface area contributed by atoms with Gasteiger partial charge in [-0.1, -0.05) is 0 Å². The van der Waals surface area contributed by atoms with Crippen LogP contribution in [0.25, 0.3) is 0 Å². The molecule has 0 radical (unpaired) electrons. The minimum Gasteiger partial charge on any atom is -0.784 e. The van der Waals surface area contributed by atoms with Gasteiger partial charge in [-0.25, -0.2) is 18.3 Å². The lowest BCUT2D eigenvalue weighted by atomic mass is 10.7. The normalized spacial score (nSPS) is 9.55. The van der Waals surface area contributed by atoms with Gasteiger partial charge in [-0.3, -0.25) is 4.21 Å². The number of hydrogen-bond donors (Lipinski definition) is 0. The Morgan fingerprint density at radius 1 is 0.950 bits per heavy atom. The first-order chi connectivity index (χ1) is 9.38. The maximum Gasteiger partial charge on any atom is 0.243 e. The molecular formula is C12H22N4O3S. The van der Waals surface area contributed by atoms with Crippen molar-refractivity contribution in [1.82, 2.24) is 9.13 Å². The maximum absolute atomic E-state index is 8.44. The molecule has 0 fully saturated rings. The lowest BCUT2D eigenvalue weighted by Crippen LogP contribution is -2.23. The highest BCUT2D eigenvalue weighted by Gasteiger charge is 1.92. The fourth-order valence-corrected chi connectivity index (χ4v) is 1.38. The molecule has 0 amide bonds. The number of aromatic nitrogens is 4. The molecule has 20 heavy (non-hydrogen) atoms. The van der Waals surface area contributed by atoms with Gasteiger partial charge in [0.05, 0.1) is 27.2 Å².